The second-order valence-corrected chi connectivity index (χ2v) is 4.24. The summed E-state index contributed by atoms with van der Waals surface area (Å²) in [5, 5.41) is 2.93. The zero-order valence-corrected chi connectivity index (χ0v) is 10.5. The number of carbonyl (C=O) groups excluding carboxylic acids is 1. The summed E-state index contributed by atoms with van der Waals surface area (Å²) in [7, 11) is 0. The Morgan fingerprint density at radius 1 is 1.39 bits per heavy atom. The van der Waals surface area contributed by atoms with Gasteiger partial charge in [-0.1, -0.05) is 23.2 Å². The number of aryl methyl sites for hydroxylation is 1. The molecule has 5 heteroatoms. The number of hydrogen-bond donors (Lipinski definition) is 2. The van der Waals surface area contributed by atoms with Gasteiger partial charge >= 0.3 is 0 Å². The Morgan fingerprint density at radius 3 is 2.89 bits per heavy atom. The van der Waals surface area contributed by atoms with Crippen LogP contribution in [0.15, 0.2) is 36.5 Å². The third-order valence-electron chi connectivity index (χ3n) is 2.46. The first-order chi connectivity index (χ1) is 8.58. The van der Waals surface area contributed by atoms with Gasteiger partial charge in [0.1, 0.15) is 0 Å². The number of nitrogen functional groups attached to an aromatic ring is 1. The van der Waals surface area contributed by atoms with E-state index in [-0.39, 0.29) is 11.1 Å². The van der Waals surface area contributed by atoms with E-state index in [4.69, 9.17) is 17.3 Å². The number of anilines is 2. The number of benzene rings is 1. The number of carbonyl (C=O) groups is 1. The Hall–Kier alpha value is -2.07. The maximum absolute atomic E-state index is 12.1. The van der Waals surface area contributed by atoms with Crippen molar-refractivity contribution >= 4 is 28.9 Å². The molecule has 1 aromatic carbocycles. The number of halogens is 1. The fraction of sp³-hybridized carbons (Fsp3) is 0.0769. The molecule has 0 aliphatic heterocycles. The molecule has 0 fully saturated rings. The molecule has 92 valence electrons. The molecule has 3 N–H and O–H groups in total. The van der Waals surface area contributed by atoms with Crippen molar-refractivity contribution in [3.63, 3.8) is 0 Å². The lowest BCUT2D eigenvalue weighted by Crippen LogP contribution is -2.14. The van der Waals surface area contributed by atoms with Gasteiger partial charge < -0.3 is 11.1 Å². The van der Waals surface area contributed by atoms with Crippen molar-refractivity contribution < 1.29 is 4.79 Å². The molecule has 0 aliphatic carbocycles. The average Bonchev–Trinajstić information content (AvgIpc) is 2.35. The highest BCUT2D eigenvalue weighted by atomic mass is 35.5. The monoisotopic (exact) mass is 261 g/mol. The van der Waals surface area contributed by atoms with Crippen LogP contribution in [-0.4, -0.2) is 10.9 Å². The van der Waals surface area contributed by atoms with Gasteiger partial charge in [-0.25, -0.2) is 4.98 Å². The van der Waals surface area contributed by atoms with Gasteiger partial charge in [0.05, 0.1) is 11.3 Å². The molecule has 18 heavy (non-hydrogen) atoms. The van der Waals surface area contributed by atoms with Crippen LogP contribution >= 0.6 is 11.6 Å². The molecular formula is C13H12ClN3O. The van der Waals surface area contributed by atoms with E-state index in [1.54, 1.807) is 30.5 Å². The molecular weight excluding hydrogens is 250 g/mol. The number of nitrogens with two attached hydrogens (primary N) is 1. The normalized spacial score (nSPS) is 10.1. The van der Waals surface area contributed by atoms with Crippen molar-refractivity contribution in [2.45, 2.75) is 6.92 Å². The average molecular weight is 262 g/mol. The van der Waals surface area contributed by atoms with Crippen LogP contribution in [-0.2, 0) is 0 Å². The van der Waals surface area contributed by atoms with E-state index in [0.29, 0.717) is 16.9 Å². The molecule has 0 radical (unpaired) electrons. The number of hydrogen-bond acceptors (Lipinski definition) is 3. The van der Waals surface area contributed by atoms with Crippen molar-refractivity contribution in [1.29, 1.82) is 0 Å². The first kappa shape index (κ1) is 12.4. The Morgan fingerprint density at radius 2 is 2.17 bits per heavy atom. The van der Waals surface area contributed by atoms with Crippen LogP contribution in [0.5, 0.6) is 0 Å². The van der Waals surface area contributed by atoms with Crippen LogP contribution in [0.1, 0.15) is 15.9 Å². The first-order valence-corrected chi connectivity index (χ1v) is 5.73. The van der Waals surface area contributed by atoms with Crippen molar-refractivity contribution in [1.82, 2.24) is 4.98 Å². The van der Waals surface area contributed by atoms with E-state index < -0.39 is 0 Å². The van der Waals surface area contributed by atoms with Gasteiger partial charge in [-0.3, -0.25) is 4.79 Å². The molecule has 0 saturated carbocycles. The molecule has 1 heterocycles. The van der Waals surface area contributed by atoms with Crippen LogP contribution in [0.25, 0.3) is 0 Å². The topological polar surface area (TPSA) is 68.0 Å². The molecule has 0 spiro atoms. The second-order valence-electron chi connectivity index (χ2n) is 3.89. The quantitative estimate of drug-likeness (QED) is 0.645. The fourth-order valence-corrected chi connectivity index (χ4v) is 1.70. The lowest BCUT2D eigenvalue weighted by Gasteiger charge is -2.09. The zero-order valence-electron chi connectivity index (χ0n) is 9.77. The second kappa shape index (κ2) is 5.06. The standard InChI is InChI=1S/C13H12ClN3O/c1-8-4-5-10(15)9(7-8)13(18)17-11-3-2-6-16-12(11)14/h2-7H,15H2,1H3,(H,17,18). The summed E-state index contributed by atoms with van der Waals surface area (Å²) in [6.45, 7) is 1.90. The van der Waals surface area contributed by atoms with Gasteiger partial charge in [0.15, 0.2) is 5.15 Å². The van der Waals surface area contributed by atoms with Crippen LogP contribution in [0.3, 0.4) is 0 Å². The molecule has 2 rings (SSSR count). The number of amides is 1. The van der Waals surface area contributed by atoms with E-state index in [1.807, 2.05) is 13.0 Å². The summed E-state index contributed by atoms with van der Waals surface area (Å²) in [5.74, 6) is -0.300. The first-order valence-electron chi connectivity index (χ1n) is 5.36. The predicted molar refractivity (Wildman–Crippen MR) is 72.8 cm³/mol. The highest BCUT2D eigenvalue weighted by molar-refractivity contribution is 6.32. The highest BCUT2D eigenvalue weighted by Gasteiger charge is 2.11. The minimum atomic E-state index is -0.300. The van der Waals surface area contributed by atoms with E-state index >= 15 is 0 Å². The molecule has 0 unspecified atom stereocenters. The van der Waals surface area contributed by atoms with E-state index in [1.165, 1.54) is 0 Å². The minimum Gasteiger partial charge on any atom is -0.398 e. The van der Waals surface area contributed by atoms with Gasteiger partial charge in [-0.2, -0.15) is 0 Å². The number of pyridine rings is 1. The molecule has 0 atom stereocenters. The third kappa shape index (κ3) is 2.60. The van der Waals surface area contributed by atoms with Gasteiger partial charge in [0.25, 0.3) is 5.91 Å². The molecule has 1 aromatic heterocycles. The van der Waals surface area contributed by atoms with Crippen molar-refractivity contribution in [2.75, 3.05) is 11.1 Å². The predicted octanol–water partition coefficient (Wildman–Crippen LogP) is 2.88. The number of aromatic nitrogens is 1. The molecule has 2 aromatic rings. The van der Waals surface area contributed by atoms with Gasteiger partial charge in [-0.05, 0) is 31.2 Å². The maximum atomic E-state index is 12.1. The number of nitrogens with zero attached hydrogens (tertiary/aromatic N) is 1. The maximum Gasteiger partial charge on any atom is 0.257 e. The minimum absolute atomic E-state index is 0.247. The van der Waals surface area contributed by atoms with E-state index in [2.05, 4.69) is 10.3 Å². The Balaban J connectivity index is 2.28. The largest absolute Gasteiger partial charge is 0.398 e. The van der Waals surface area contributed by atoms with Crippen molar-refractivity contribution in [2.24, 2.45) is 0 Å². The van der Waals surface area contributed by atoms with Crippen LogP contribution < -0.4 is 11.1 Å². The van der Waals surface area contributed by atoms with Crippen molar-refractivity contribution in [3.8, 4) is 0 Å². The number of nitrogens with one attached hydrogen (secondary N) is 1. The van der Waals surface area contributed by atoms with Crippen LogP contribution in [0.4, 0.5) is 11.4 Å². The summed E-state index contributed by atoms with van der Waals surface area (Å²) in [4.78, 5) is 15.9. The number of rotatable bonds is 2. The molecule has 0 bridgehead atoms. The highest BCUT2D eigenvalue weighted by Crippen LogP contribution is 2.20. The van der Waals surface area contributed by atoms with Crippen LogP contribution in [0, 0.1) is 6.92 Å². The summed E-state index contributed by atoms with van der Waals surface area (Å²) in [6.07, 6.45) is 1.55. The summed E-state index contributed by atoms with van der Waals surface area (Å²) < 4.78 is 0. The Bertz CT molecular complexity index is 599. The Labute approximate surface area is 110 Å². The van der Waals surface area contributed by atoms with E-state index in [0.717, 1.165) is 5.56 Å². The SMILES string of the molecule is Cc1ccc(N)c(C(=O)Nc2cccnc2Cl)c1. The smallest absolute Gasteiger partial charge is 0.257 e. The Kier molecular flexibility index (Phi) is 3.48. The van der Waals surface area contributed by atoms with Gasteiger partial charge in [0.2, 0.25) is 0 Å². The van der Waals surface area contributed by atoms with E-state index in [9.17, 15) is 4.79 Å². The summed E-state index contributed by atoms with van der Waals surface area (Å²) >= 11 is 5.87. The molecule has 1 amide bonds. The fourth-order valence-electron chi connectivity index (χ4n) is 1.54. The summed E-state index contributed by atoms with van der Waals surface area (Å²) in [5.41, 5.74) is 8.05. The van der Waals surface area contributed by atoms with Crippen LogP contribution in [0.2, 0.25) is 5.15 Å². The van der Waals surface area contributed by atoms with Gasteiger partial charge in [-0.15, -0.1) is 0 Å². The third-order valence-corrected chi connectivity index (χ3v) is 2.76. The lowest BCUT2D eigenvalue weighted by molar-refractivity contribution is 0.102. The zero-order chi connectivity index (χ0) is 13.1. The lowest BCUT2D eigenvalue weighted by atomic mass is 10.1. The summed E-state index contributed by atoms with van der Waals surface area (Å²) in [6, 6.07) is 8.66. The molecule has 0 saturated heterocycles. The van der Waals surface area contributed by atoms with Gasteiger partial charge in [0, 0.05) is 11.9 Å². The van der Waals surface area contributed by atoms with Crippen molar-refractivity contribution in [3.05, 3.63) is 52.8 Å². The molecule has 4 nitrogen and oxygen atoms in total. The molecule has 0 aliphatic rings.